The molecule has 3 aromatic rings. The molecule has 47 heavy (non-hydrogen) atoms. The summed E-state index contributed by atoms with van der Waals surface area (Å²) in [5.41, 5.74) is 4.06. The van der Waals surface area contributed by atoms with Gasteiger partial charge in [-0.1, -0.05) is 52.0 Å². The van der Waals surface area contributed by atoms with Gasteiger partial charge in [0, 0.05) is 19.0 Å². The molecule has 0 radical (unpaired) electrons. The first kappa shape index (κ1) is 34.3. The summed E-state index contributed by atoms with van der Waals surface area (Å²) in [6.07, 6.45) is 2.95. The number of aliphatic hydroxyl groups is 1. The Bertz CT molecular complexity index is 1550. The molecule has 4 atom stereocenters. The zero-order valence-electron chi connectivity index (χ0n) is 27.9. The number of pyridine rings is 1. The fourth-order valence-corrected chi connectivity index (χ4v) is 6.80. The van der Waals surface area contributed by atoms with Crippen molar-refractivity contribution in [3.8, 4) is 22.1 Å². The number of benzene rings is 1. The van der Waals surface area contributed by atoms with E-state index in [2.05, 4.69) is 27.5 Å². The highest BCUT2D eigenvalue weighted by atomic mass is 32.1. The summed E-state index contributed by atoms with van der Waals surface area (Å²) in [6.45, 7) is 11.2. The maximum atomic E-state index is 13.9. The van der Waals surface area contributed by atoms with Gasteiger partial charge in [-0.3, -0.25) is 14.4 Å². The van der Waals surface area contributed by atoms with Gasteiger partial charge in [-0.15, -0.1) is 11.3 Å². The second-order valence-corrected chi connectivity index (χ2v) is 14.7. The Labute approximate surface area is 280 Å². The molecule has 0 unspecified atom stereocenters. The van der Waals surface area contributed by atoms with E-state index in [-0.39, 0.29) is 37.6 Å². The van der Waals surface area contributed by atoms with Crippen molar-refractivity contribution in [2.45, 2.75) is 91.1 Å². The molecule has 3 amide bonds. The van der Waals surface area contributed by atoms with Gasteiger partial charge in [0.1, 0.15) is 23.9 Å². The zero-order chi connectivity index (χ0) is 33.9. The highest BCUT2D eigenvalue weighted by molar-refractivity contribution is 7.13. The molecule has 2 aliphatic rings. The van der Waals surface area contributed by atoms with E-state index in [1.54, 1.807) is 23.5 Å². The lowest BCUT2D eigenvalue weighted by molar-refractivity contribution is -0.144. The first-order chi connectivity index (χ1) is 22.3. The molecule has 2 aromatic heterocycles. The van der Waals surface area contributed by atoms with Gasteiger partial charge in [-0.2, -0.15) is 0 Å². The van der Waals surface area contributed by atoms with Gasteiger partial charge >= 0.3 is 0 Å². The predicted molar refractivity (Wildman–Crippen MR) is 179 cm³/mol. The molecule has 2 fully saturated rings. The number of aryl methyl sites for hydroxylation is 1. The molecule has 1 aliphatic heterocycles. The molecular weight excluding hydrogens is 618 g/mol. The number of β-amino-alcohol motifs (C(OH)–C–C–N with tert-alkyl or cyclic N) is 1. The van der Waals surface area contributed by atoms with Crippen LogP contribution in [0.4, 0.5) is 0 Å². The second kappa shape index (κ2) is 14.4. The number of rotatable bonds is 11. The van der Waals surface area contributed by atoms with Crippen LogP contribution in [0.5, 0.6) is 11.6 Å². The van der Waals surface area contributed by atoms with Crippen LogP contribution in [-0.2, 0) is 14.4 Å². The van der Waals surface area contributed by atoms with Crippen molar-refractivity contribution in [2.24, 2.45) is 11.3 Å². The van der Waals surface area contributed by atoms with E-state index in [1.165, 1.54) is 11.1 Å². The Kier molecular flexibility index (Phi) is 10.5. The highest BCUT2D eigenvalue weighted by Gasteiger charge is 2.44. The Morgan fingerprint density at radius 3 is 2.38 bits per heavy atom. The van der Waals surface area contributed by atoms with E-state index in [0.29, 0.717) is 17.5 Å². The number of hydrogen-bond acceptors (Lipinski definition) is 9. The van der Waals surface area contributed by atoms with Gasteiger partial charge in [0.25, 0.3) is 5.91 Å². The molecule has 1 saturated heterocycles. The van der Waals surface area contributed by atoms with Crippen molar-refractivity contribution in [3.63, 3.8) is 0 Å². The van der Waals surface area contributed by atoms with Crippen LogP contribution in [0.2, 0.25) is 0 Å². The summed E-state index contributed by atoms with van der Waals surface area (Å²) in [5, 5.41) is 16.4. The first-order valence-electron chi connectivity index (χ1n) is 16.1. The Morgan fingerprint density at radius 2 is 1.79 bits per heavy atom. The van der Waals surface area contributed by atoms with Crippen LogP contribution in [-0.4, -0.2) is 75.1 Å². The van der Waals surface area contributed by atoms with E-state index in [4.69, 9.17) is 9.47 Å². The van der Waals surface area contributed by atoms with Crippen LogP contribution in [0.15, 0.2) is 48.1 Å². The van der Waals surface area contributed by atoms with E-state index < -0.39 is 35.4 Å². The lowest BCUT2D eigenvalue weighted by Gasteiger charge is -2.35. The van der Waals surface area contributed by atoms with Crippen LogP contribution in [0.1, 0.15) is 71.2 Å². The van der Waals surface area contributed by atoms with Gasteiger partial charge in [-0.25, -0.2) is 9.97 Å². The number of nitrogens with one attached hydrogen (secondary N) is 2. The van der Waals surface area contributed by atoms with Crippen LogP contribution in [0, 0.1) is 18.3 Å². The van der Waals surface area contributed by atoms with Crippen molar-refractivity contribution >= 4 is 29.1 Å². The lowest BCUT2D eigenvalue weighted by Crippen LogP contribution is -2.58. The number of carbonyl (C=O) groups excluding carboxylic acids is 3. The van der Waals surface area contributed by atoms with Gasteiger partial charge in [0.15, 0.2) is 6.61 Å². The number of ether oxygens (including phenoxy) is 2. The monoisotopic (exact) mass is 663 g/mol. The normalized spacial score (nSPS) is 22.1. The molecule has 1 saturated carbocycles. The minimum atomic E-state index is -0.960. The maximum Gasteiger partial charge on any atom is 0.258 e. The third-order valence-corrected chi connectivity index (χ3v) is 9.73. The van der Waals surface area contributed by atoms with Crippen LogP contribution in [0.25, 0.3) is 10.4 Å². The minimum Gasteiger partial charge on any atom is -0.482 e. The number of thiazole rings is 1. The summed E-state index contributed by atoms with van der Waals surface area (Å²) in [7, 11) is 0. The number of aromatic nitrogens is 2. The second-order valence-electron chi connectivity index (χ2n) is 13.8. The topological polar surface area (TPSA) is 143 Å². The molecule has 5 rings (SSSR count). The SMILES string of the molecule is Cc1ncsc1-c1ccc([C@H](C)NC(=O)[C@@H]2C[C@@H](O)CN2C(=O)[C@@H](NC(=O)COc2ccc(OC3CC(C)C3)nc2)C(C)(C)C)cc1. The predicted octanol–water partition coefficient (Wildman–Crippen LogP) is 4.44. The molecule has 0 spiro atoms. The largest absolute Gasteiger partial charge is 0.482 e. The van der Waals surface area contributed by atoms with Gasteiger partial charge in [0.05, 0.1) is 34.4 Å². The number of aliphatic hydroxyl groups excluding tert-OH is 1. The van der Waals surface area contributed by atoms with Gasteiger partial charge in [0.2, 0.25) is 17.7 Å². The smallest absolute Gasteiger partial charge is 0.258 e. The summed E-state index contributed by atoms with van der Waals surface area (Å²) in [4.78, 5) is 51.5. The number of likely N-dealkylation sites (tertiary alicyclic amines) is 1. The summed E-state index contributed by atoms with van der Waals surface area (Å²) in [6, 6.07) is 9.17. The first-order valence-corrected chi connectivity index (χ1v) is 17.0. The molecule has 11 nitrogen and oxygen atoms in total. The number of amides is 3. The molecular formula is C35H45N5O6S. The molecule has 3 N–H and O–H groups in total. The third-order valence-electron chi connectivity index (χ3n) is 8.76. The lowest BCUT2D eigenvalue weighted by atomic mass is 9.84. The van der Waals surface area contributed by atoms with E-state index in [0.717, 1.165) is 34.5 Å². The van der Waals surface area contributed by atoms with E-state index >= 15 is 0 Å². The van der Waals surface area contributed by atoms with E-state index in [1.807, 2.05) is 64.4 Å². The molecule has 12 heteroatoms. The summed E-state index contributed by atoms with van der Waals surface area (Å²) < 4.78 is 11.5. The molecule has 3 heterocycles. The quantitative estimate of drug-likeness (QED) is 0.273. The Hall–Kier alpha value is -4.03. The van der Waals surface area contributed by atoms with Crippen molar-refractivity contribution in [2.75, 3.05) is 13.2 Å². The van der Waals surface area contributed by atoms with Crippen LogP contribution < -0.4 is 20.1 Å². The number of nitrogens with zero attached hydrogens (tertiary/aromatic N) is 3. The fourth-order valence-electron chi connectivity index (χ4n) is 5.98. The summed E-state index contributed by atoms with van der Waals surface area (Å²) >= 11 is 1.58. The zero-order valence-corrected chi connectivity index (χ0v) is 28.7. The highest BCUT2D eigenvalue weighted by Crippen LogP contribution is 2.31. The molecule has 0 bridgehead atoms. The van der Waals surface area contributed by atoms with Crippen molar-refractivity contribution < 1.29 is 29.0 Å². The standard InChI is InChI=1S/C35H45N5O6S/c1-20-13-27(14-20)46-30-12-11-26(16-36-30)45-18-29(42)39-32(35(4,5)6)34(44)40-17-25(41)15-28(40)33(43)38-21(2)23-7-9-24(10-8-23)31-22(3)37-19-47-31/h7-12,16,19-21,25,27-28,32,41H,13-15,17-18H2,1-6H3,(H,38,43)(H,39,42)/t20?,21-,25+,27?,28-,32+/m0/s1. The minimum absolute atomic E-state index is 0.00694. The average Bonchev–Trinajstić information content (AvgIpc) is 3.63. The maximum absolute atomic E-state index is 13.9. The Morgan fingerprint density at radius 1 is 1.06 bits per heavy atom. The van der Waals surface area contributed by atoms with Gasteiger partial charge < -0.3 is 30.1 Å². The van der Waals surface area contributed by atoms with Crippen molar-refractivity contribution in [3.05, 3.63) is 59.4 Å². The number of hydrogen-bond donors (Lipinski definition) is 3. The van der Waals surface area contributed by atoms with Crippen LogP contribution >= 0.6 is 11.3 Å². The Balaban J connectivity index is 1.18. The average molecular weight is 664 g/mol. The van der Waals surface area contributed by atoms with Crippen molar-refractivity contribution in [1.82, 2.24) is 25.5 Å². The molecule has 1 aromatic carbocycles. The number of carbonyl (C=O) groups is 3. The summed E-state index contributed by atoms with van der Waals surface area (Å²) in [5.74, 6) is 0.286. The van der Waals surface area contributed by atoms with Gasteiger partial charge in [-0.05, 0) is 55.2 Å². The third kappa shape index (κ3) is 8.47. The fraction of sp³-hybridized carbons (Fsp3) is 0.514. The molecule has 252 valence electrons. The van der Waals surface area contributed by atoms with E-state index in [9.17, 15) is 19.5 Å². The molecule has 1 aliphatic carbocycles. The van der Waals surface area contributed by atoms with Crippen LogP contribution in [0.3, 0.4) is 0 Å². The van der Waals surface area contributed by atoms with Crippen molar-refractivity contribution in [1.29, 1.82) is 0 Å².